The molecule has 0 aliphatic carbocycles. The molecule has 0 heterocycles. The molecule has 0 fully saturated rings. The van der Waals surface area contributed by atoms with Gasteiger partial charge in [0.1, 0.15) is 0 Å². The molecule has 0 saturated heterocycles. The summed E-state index contributed by atoms with van der Waals surface area (Å²) in [6.07, 6.45) is 0. The highest BCUT2D eigenvalue weighted by Crippen LogP contribution is 2.17. The van der Waals surface area contributed by atoms with E-state index in [1.54, 1.807) is 0 Å². The van der Waals surface area contributed by atoms with Crippen molar-refractivity contribution in [1.29, 1.82) is 0 Å². The van der Waals surface area contributed by atoms with Crippen LogP contribution < -0.4 is 0 Å². The first-order chi connectivity index (χ1) is 3.15. The van der Waals surface area contributed by atoms with E-state index in [1.807, 2.05) is 0 Å². The Labute approximate surface area is 80.2 Å². The van der Waals surface area contributed by atoms with Gasteiger partial charge in [-0.15, -0.1) is 0 Å². The molecule has 0 aromatic carbocycles. The Bertz CT molecular complexity index is 24.1. The average molecular weight is 356 g/mol. The Balaban J connectivity index is 0. The van der Waals surface area contributed by atoms with E-state index in [9.17, 15) is 0 Å². The van der Waals surface area contributed by atoms with E-state index >= 15 is 0 Å². The van der Waals surface area contributed by atoms with Crippen molar-refractivity contribution in [3.05, 3.63) is 0 Å². The Hall–Kier alpha value is 2.37. The number of halogens is 5. The number of hydrogen-bond acceptors (Lipinski definition) is 1. The highest BCUT2D eigenvalue weighted by atomic mass is 79.9. The molecule has 0 aliphatic rings. The zero-order valence-corrected chi connectivity index (χ0v) is 9.96. The van der Waals surface area contributed by atoms with E-state index in [-0.39, 0.29) is 0 Å². The highest BCUT2D eigenvalue weighted by molar-refractivity contribution is 9.82. The molecule has 0 unspecified atom stereocenters. The molecule has 0 spiro atoms. The van der Waals surface area contributed by atoms with Gasteiger partial charge in [-0.05, 0) is 8.63 Å². The van der Waals surface area contributed by atoms with Crippen LogP contribution in [0.4, 0.5) is 0 Å². The molecule has 0 aromatic rings. The molecule has 0 bridgehead atoms. The van der Waals surface area contributed by atoms with E-state index in [1.165, 1.54) is 8.63 Å². The lowest BCUT2D eigenvalue weighted by Crippen LogP contribution is -1.53. The standard InChI is InChI=1S/CHBrCl2.Br2S/c2-1(3)4;1-3-2/h1H;. The second kappa shape index (κ2) is 11.2. The van der Waals surface area contributed by atoms with E-state index in [0.29, 0.717) is 0 Å². The smallest absolute Gasteiger partial charge is 0.0926 e. The molecule has 0 N–H and O–H groups in total. The first-order valence-electron chi connectivity index (χ1n) is 0.963. The summed E-state index contributed by atoms with van der Waals surface area (Å²) in [5.74, 6) is 0. The zero-order chi connectivity index (χ0) is 6.28. The number of alkyl halides is 3. The van der Waals surface area contributed by atoms with Crippen molar-refractivity contribution in [2.24, 2.45) is 0 Å². The van der Waals surface area contributed by atoms with Gasteiger partial charge < -0.3 is 0 Å². The van der Waals surface area contributed by atoms with Gasteiger partial charge in [-0.1, -0.05) is 39.1 Å². The zero-order valence-electron chi connectivity index (χ0n) is 2.88. The molecule has 0 saturated carbocycles. The topological polar surface area (TPSA) is 0 Å². The Morgan fingerprint density at radius 3 is 1.29 bits per heavy atom. The van der Waals surface area contributed by atoms with Crippen LogP contribution in [0.5, 0.6) is 0 Å². The van der Waals surface area contributed by atoms with Crippen LogP contribution in [0.1, 0.15) is 0 Å². The fourth-order valence-electron chi connectivity index (χ4n) is 0. The largest absolute Gasteiger partial charge is 0.162 e. The van der Waals surface area contributed by atoms with Crippen molar-refractivity contribution in [1.82, 2.24) is 0 Å². The predicted molar refractivity (Wildman–Crippen MR) is 49.9 cm³/mol. The quantitative estimate of drug-likeness (QED) is 0.577. The van der Waals surface area contributed by atoms with Crippen LogP contribution >= 0.6 is 77.4 Å². The third-order valence-corrected chi connectivity index (χ3v) is 0. The van der Waals surface area contributed by atoms with Gasteiger partial charge in [0.25, 0.3) is 0 Å². The summed E-state index contributed by atoms with van der Waals surface area (Å²) in [6, 6.07) is 0. The molecule has 0 aliphatic heterocycles. The van der Waals surface area contributed by atoms with Gasteiger partial charge in [0.05, 0.1) is 0 Å². The van der Waals surface area contributed by atoms with Crippen LogP contribution in [0, 0.1) is 0 Å². The van der Waals surface area contributed by atoms with Crippen molar-refractivity contribution in [2.45, 2.75) is 3.75 Å². The van der Waals surface area contributed by atoms with Gasteiger partial charge in [0.15, 0.2) is 3.75 Å². The van der Waals surface area contributed by atoms with Crippen LogP contribution in [0.15, 0.2) is 0 Å². The Kier molecular flexibility index (Phi) is 19.3. The molecule has 46 valence electrons. The third kappa shape index (κ3) is 60.5. The fraction of sp³-hybridized carbons (Fsp3) is 1.00. The third-order valence-electron chi connectivity index (χ3n) is 0. The SMILES string of the molecule is BrSBr.ClC(Cl)Br. The average Bonchev–Trinajstić information content (AvgIpc) is 1.33. The van der Waals surface area contributed by atoms with Crippen LogP contribution in [0.3, 0.4) is 0 Å². The van der Waals surface area contributed by atoms with Crippen molar-refractivity contribution in [3.8, 4) is 0 Å². The lowest BCUT2D eigenvalue weighted by molar-refractivity contribution is 2.06. The first kappa shape index (κ1) is 12.1. The van der Waals surface area contributed by atoms with Crippen molar-refractivity contribution < 1.29 is 0 Å². The molecule has 0 amide bonds. The van der Waals surface area contributed by atoms with Crippen LogP contribution in [0.2, 0.25) is 0 Å². The summed E-state index contributed by atoms with van der Waals surface area (Å²) in [6.45, 7) is 0. The highest BCUT2D eigenvalue weighted by Gasteiger charge is 1.78. The second-order valence-electron chi connectivity index (χ2n) is 0.306. The summed E-state index contributed by atoms with van der Waals surface area (Å²) in [4.78, 5) is 0. The normalized spacial score (nSPS) is 7.71. The van der Waals surface area contributed by atoms with Crippen LogP contribution in [-0.2, 0) is 0 Å². The summed E-state index contributed by atoms with van der Waals surface area (Å²) in [5.41, 5.74) is 0. The molecular weight excluding hydrogens is 355 g/mol. The Morgan fingerprint density at radius 1 is 1.29 bits per heavy atom. The second-order valence-corrected chi connectivity index (χ2v) is 8.04. The van der Waals surface area contributed by atoms with Crippen LogP contribution in [0.25, 0.3) is 0 Å². The number of hydrogen-bond donors (Lipinski definition) is 0. The summed E-state index contributed by atoms with van der Waals surface area (Å²) < 4.78 is -0.410. The molecule has 0 rings (SSSR count). The van der Waals surface area contributed by atoms with Gasteiger partial charge in [-0.3, -0.25) is 0 Å². The maximum atomic E-state index is 4.96. The van der Waals surface area contributed by atoms with Gasteiger partial charge in [0, 0.05) is 29.6 Å². The summed E-state index contributed by atoms with van der Waals surface area (Å²) >= 11 is 18.7. The summed E-state index contributed by atoms with van der Waals surface area (Å²) in [7, 11) is 1.38. The van der Waals surface area contributed by atoms with Crippen molar-refractivity contribution in [2.75, 3.05) is 0 Å². The fourth-order valence-corrected chi connectivity index (χ4v) is 0. The molecule has 0 atom stereocenters. The minimum Gasteiger partial charge on any atom is -0.0926 e. The predicted octanol–water partition coefficient (Wildman–Crippen LogP) is 4.48. The first-order valence-corrected chi connectivity index (χ1v) is 7.25. The van der Waals surface area contributed by atoms with E-state index < -0.39 is 3.75 Å². The lowest BCUT2D eigenvalue weighted by atomic mass is 11.9. The Morgan fingerprint density at radius 2 is 1.29 bits per heavy atom. The molecule has 6 heteroatoms. The van der Waals surface area contributed by atoms with Crippen LogP contribution in [-0.4, -0.2) is 3.75 Å². The van der Waals surface area contributed by atoms with Gasteiger partial charge in [-0.25, -0.2) is 0 Å². The van der Waals surface area contributed by atoms with Gasteiger partial charge >= 0.3 is 0 Å². The molecule has 0 nitrogen and oxygen atoms in total. The maximum absolute atomic E-state index is 4.96. The minimum atomic E-state index is -0.410. The maximum Gasteiger partial charge on any atom is 0.162 e. The molecular formula is CHBr3Cl2S. The van der Waals surface area contributed by atoms with Crippen molar-refractivity contribution in [3.63, 3.8) is 0 Å². The van der Waals surface area contributed by atoms with E-state index in [0.717, 1.165) is 0 Å². The van der Waals surface area contributed by atoms with Crippen molar-refractivity contribution >= 4 is 77.4 Å². The minimum absolute atomic E-state index is 0.410. The molecule has 7 heavy (non-hydrogen) atoms. The summed E-state index contributed by atoms with van der Waals surface area (Å²) in [5, 5.41) is 0. The van der Waals surface area contributed by atoms with E-state index in [4.69, 9.17) is 23.2 Å². The van der Waals surface area contributed by atoms with Gasteiger partial charge in [0.2, 0.25) is 0 Å². The molecule has 0 aromatic heterocycles. The van der Waals surface area contributed by atoms with E-state index in [2.05, 4.69) is 45.6 Å². The lowest BCUT2D eigenvalue weighted by Gasteiger charge is -1.69. The monoisotopic (exact) mass is 352 g/mol. The van der Waals surface area contributed by atoms with Gasteiger partial charge in [-0.2, -0.15) is 0 Å². The molecule has 0 radical (unpaired) electrons. The number of rotatable bonds is 0.